The van der Waals surface area contributed by atoms with Crippen molar-refractivity contribution in [3.8, 4) is 0 Å². The standard InChI is InChI=1S/C14H22N4O7/c1-7(13(23)18-4-2-3-9(18)14(24)25)16-12(22)8(5-11(20)21)17-10(19)6-15/h7-9H,2-6,15H2,1H3,(H,16,22)(H,17,19)(H,20,21)(H,24,25)/t7-,8-,9-/m0/s1. The monoisotopic (exact) mass is 358 g/mol. The molecule has 0 radical (unpaired) electrons. The predicted octanol–water partition coefficient (Wildman–Crippen LogP) is -2.52. The highest BCUT2D eigenvalue weighted by Gasteiger charge is 2.37. The molecule has 11 nitrogen and oxygen atoms in total. The lowest BCUT2D eigenvalue weighted by molar-refractivity contribution is -0.149. The lowest BCUT2D eigenvalue weighted by atomic mass is 10.1. The van der Waals surface area contributed by atoms with Crippen molar-refractivity contribution in [3.63, 3.8) is 0 Å². The Hall–Kier alpha value is -2.69. The van der Waals surface area contributed by atoms with Gasteiger partial charge in [0.25, 0.3) is 0 Å². The summed E-state index contributed by atoms with van der Waals surface area (Å²) in [5, 5.41) is 22.4. The van der Waals surface area contributed by atoms with Gasteiger partial charge in [0, 0.05) is 6.54 Å². The summed E-state index contributed by atoms with van der Waals surface area (Å²) in [6.45, 7) is 1.20. The Labute approximate surface area is 143 Å². The molecular weight excluding hydrogens is 336 g/mol. The SMILES string of the molecule is C[C@H](NC(=O)[C@H](CC(=O)O)NC(=O)CN)C(=O)N1CCC[C@H]1C(=O)O. The third-order valence-corrected chi connectivity index (χ3v) is 3.77. The minimum absolute atomic E-state index is 0.262. The maximum absolute atomic E-state index is 12.3. The van der Waals surface area contributed by atoms with Crippen molar-refractivity contribution in [2.75, 3.05) is 13.1 Å². The number of carbonyl (C=O) groups is 5. The second-order valence-electron chi connectivity index (χ2n) is 5.68. The van der Waals surface area contributed by atoms with E-state index >= 15 is 0 Å². The second kappa shape index (κ2) is 8.97. The van der Waals surface area contributed by atoms with E-state index in [0.29, 0.717) is 12.8 Å². The Morgan fingerprint density at radius 3 is 2.36 bits per heavy atom. The number of nitrogens with zero attached hydrogens (tertiary/aromatic N) is 1. The van der Waals surface area contributed by atoms with E-state index in [1.54, 1.807) is 0 Å². The number of rotatable bonds is 8. The van der Waals surface area contributed by atoms with Gasteiger partial charge in [0.2, 0.25) is 17.7 Å². The quantitative estimate of drug-likeness (QED) is 0.315. The summed E-state index contributed by atoms with van der Waals surface area (Å²) in [4.78, 5) is 58.9. The van der Waals surface area contributed by atoms with Crippen molar-refractivity contribution in [1.82, 2.24) is 15.5 Å². The van der Waals surface area contributed by atoms with Gasteiger partial charge in [-0.25, -0.2) is 4.79 Å². The second-order valence-corrected chi connectivity index (χ2v) is 5.68. The van der Waals surface area contributed by atoms with Gasteiger partial charge in [-0.05, 0) is 19.8 Å². The van der Waals surface area contributed by atoms with Crippen LogP contribution in [-0.2, 0) is 24.0 Å². The van der Waals surface area contributed by atoms with Gasteiger partial charge >= 0.3 is 11.9 Å². The van der Waals surface area contributed by atoms with Crippen molar-refractivity contribution in [2.45, 2.75) is 44.3 Å². The summed E-state index contributed by atoms with van der Waals surface area (Å²) in [6, 6.07) is -3.41. The molecule has 6 N–H and O–H groups in total. The average molecular weight is 358 g/mol. The van der Waals surface area contributed by atoms with Gasteiger partial charge < -0.3 is 31.5 Å². The van der Waals surface area contributed by atoms with Crippen LogP contribution in [0.4, 0.5) is 0 Å². The van der Waals surface area contributed by atoms with Crippen LogP contribution < -0.4 is 16.4 Å². The van der Waals surface area contributed by atoms with E-state index in [0.717, 1.165) is 4.90 Å². The summed E-state index contributed by atoms with van der Waals surface area (Å²) >= 11 is 0. The molecule has 0 saturated carbocycles. The van der Waals surface area contributed by atoms with Gasteiger partial charge in [0.15, 0.2) is 0 Å². The van der Waals surface area contributed by atoms with Crippen LogP contribution >= 0.6 is 0 Å². The van der Waals surface area contributed by atoms with Crippen molar-refractivity contribution in [1.29, 1.82) is 0 Å². The zero-order chi connectivity index (χ0) is 19.1. The molecule has 0 unspecified atom stereocenters. The molecule has 0 aromatic rings. The molecule has 0 aromatic carbocycles. The van der Waals surface area contributed by atoms with E-state index in [1.807, 2.05) is 0 Å². The zero-order valence-corrected chi connectivity index (χ0v) is 13.7. The van der Waals surface area contributed by atoms with Crippen LogP contribution in [-0.4, -0.2) is 76.0 Å². The largest absolute Gasteiger partial charge is 0.481 e. The molecule has 1 aliphatic heterocycles. The van der Waals surface area contributed by atoms with Gasteiger partial charge in [-0.2, -0.15) is 0 Å². The summed E-state index contributed by atoms with van der Waals surface area (Å²) in [5.74, 6) is -4.61. The molecule has 1 fully saturated rings. The number of hydrogen-bond acceptors (Lipinski definition) is 6. The number of likely N-dealkylation sites (tertiary alicyclic amines) is 1. The fraction of sp³-hybridized carbons (Fsp3) is 0.643. The van der Waals surface area contributed by atoms with Crippen LogP contribution in [0.1, 0.15) is 26.2 Å². The molecule has 1 saturated heterocycles. The Bertz CT molecular complexity index is 565. The van der Waals surface area contributed by atoms with E-state index < -0.39 is 60.8 Å². The fourth-order valence-corrected chi connectivity index (χ4v) is 2.55. The van der Waals surface area contributed by atoms with Gasteiger partial charge in [-0.3, -0.25) is 19.2 Å². The number of carboxylic acid groups (broad SMARTS) is 2. The van der Waals surface area contributed by atoms with Crippen LogP contribution in [0.15, 0.2) is 0 Å². The normalized spacial score (nSPS) is 19.0. The Morgan fingerprint density at radius 1 is 1.20 bits per heavy atom. The number of hydrogen-bond donors (Lipinski definition) is 5. The van der Waals surface area contributed by atoms with Crippen LogP contribution in [0, 0.1) is 0 Å². The first-order chi connectivity index (χ1) is 11.7. The molecule has 25 heavy (non-hydrogen) atoms. The highest BCUT2D eigenvalue weighted by atomic mass is 16.4. The lowest BCUT2D eigenvalue weighted by Gasteiger charge is -2.26. The summed E-state index contributed by atoms with van der Waals surface area (Å²) in [5.41, 5.74) is 5.12. The molecule has 1 aliphatic rings. The first-order valence-corrected chi connectivity index (χ1v) is 7.72. The summed E-state index contributed by atoms with van der Waals surface area (Å²) < 4.78 is 0. The van der Waals surface area contributed by atoms with E-state index in [4.69, 9.17) is 15.9 Å². The van der Waals surface area contributed by atoms with E-state index in [2.05, 4.69) is 10.6 Å². The molecule has 0 spiro atoms. The fourth-order valence-electron chi connectivity index (χ4n) is 2.55. The number of amides is 3. The Kier molecular flexibility index (Phi) is 7.30. The third kappa shape index (κ3) is 5.71. The van der Waals surface area contributed by atoms with Gasteiger partial charge in [-0.15, -0.1) is 0 Å². The molecule has 3 amide bonds. The summed E-state index contributed by atoms with van der Waals surface area (Å²) in [7, 11) is 0. The van der Waals surface area contributed by atoms with E-state index in [9.17, 15) is 24.0 Å². The lowest BCUT2D eigenvalue weighted by Crippen LogP contribution is -2.55. The molecule has 1 rings (SSSR count). The predicted molar refractivity (Wildman–Crippen MR) is 83.2 cm³/mol. The topological polar surface area (TPSA) is 179 Å². The minimum Gasteiger partial charge on any atom is -0.481 e. The average Bonchev–Trinajstić information content (AvgIpc) is 3.02. The molecule has 140 valence electrons. The number of nitrogens with one attached hydrogen (secondary N) is 2. The first kappa shape index (κ1) is 20.4. The first-order valence-electron chi connectivity index (χ1n) is 7.72. The molecular formula is C14H22N4O7. The van der Waals surface area contributed by atoms with Gasteiger partial charge in [-0.1, -0.05) is 0 Å². The van der Waals surface area contributed by atoms with E-state index in [-0.39, 0.29) is 6.54 Å². The van der Waals surface area contributed by atoms with Crippen LogP contribution in [0.5, 0.6) is 0 Å². The highest BCUT2D eigenvalue weighted by molar-refractivity contribution is 5.95. The summed E-state index contributed by atoms with van der Waals surface area (Å²) in [6.07, 6.45) is 0.188. The molecule has 3 atom stereocenters. The minimum atomic E-state index is -1.39. The van der Waals surface area contributed by atoms with Crippen LogP contribution in [0.25, 0.3) is 0 Å². The number of aliphatic carboxylic acids is 2. The molecule has 0 aromatic heterocycles. The maximum atomic E-state index is 12.3. The van der Waals surface area contributed by atoms with Crippen molar-refractivity contribution >= 4 is 29.7 Å². The molecule has 11 heteroatoms. The van der Waals surface area contributed by atoms with Gasteiger partial charge in [0.05, 0.1) is 13.0 Å². The number of carbonyl (C=O) groups excluding carboxylic acids is 3. The van der Waals surface area contributed by atoms with Crippen molar-refractivity contribution in [2.24, 2.45) is 5.73 Å². The van der Waals surface area contributed by atoms with Gasteiger partial charge in [0.1, 0.15) is 18.1 Å². The van der Waals surface area contributed by atoms with E-state index in [1.165, 1.54) is 6.92 Å². The highest BCUT2D eigenvalue weighted by Crippen LogP contribution is 2.18. The van der Waals surface area contributed by atoms with Crippen molar-refractivity contribution < 1.29 is 34.2 Å². The smallest absolute Gasteiger partial charge is 0.326 e. The van der Waals surface area contributed by atoms with Crippen molar-refractivity contribution in [3.05, 3.63) is 0 Å². The number of carboxylic acids is 2. The number of nitrogens with two attached hydrogens (primary N) is 1. The zero-order valence-electron chi connectivity index (χ0n) is 13.7. The molecule has 0 aliphatic carbocycles. The van der Waals surface area contributed by atoms with Crippen LogP contribution in [0.2, 0.25) is 0 Å². The Balaban J connectivity index is 2.74. The molecule has 1 heterocycles. The maximum Gasteiger partial charge on any atom is 0.326 e. The van der Waals surface area contributed by atoms with Crippen LogP contribution in [0.3, 0.4) is 0 Å². The Morgan fingerprint density at radius 2 is 1.84 bits per heavy atom. The molecule has 0 bridgehead atoms. The third-order valence-electron chi connectivity index (χ3n) is 3.77.